The average molecular weight is 258 g/mol. The zero-order valence-electron chi connectivity index (χ0n) is 11.2. The fourth-order valence-electron chi connectivity index (χ4n) is 1.94. The number of urea groups is 1. The Labute approximate surface area is 107 Å². The molecule has 2 atom stereocenters. The summed E-state index contributed by atoms with van der Waals surface area (Å²) in [5.41, 5.74) is 0. The highest BCUT2D eigenvalue weighted by atomic mass is 16.5. The third-order valence-corrected chi connectivity index (χ3v) is 3.22. The summed E-state index contributed by atoms with van der Waals surface area (Å²) in [4.78, 5) is 24.6. The van der Waals surface area contributed by atoms with Gasteiger partial charge in [-0.3, -0.25) is 4.79 Å². The smallest absolute Gasteiger partial charge is 0.317 e. The minimum Gasteiger partial charge on any atom is -0.481 e. The fourth-order valence-corrected chi connectivity index (χ4v) is 1.94. The van der Waals surface area contributed by atoms with Crippen LogP contribution in [0.5, 0.6) is 0 Å². The second kappa shape index (κ2) is 6.58. The molecular weight excluding hydrogens is 236 g/mol. The van der Waals surface area contributed by atoms with E-state index in [0.717, 1.165) is 0 Å². The maximum atomic E-state index is 11.9. The first-order valence-electron chi connectivity index (χ1n) is 6.28. The number of nitrogens with one attached hydrogen (secondary N) is 1. The predicted octanol–water partition coefficient (Wildman–Crippen LogP) is 0.773. The van der Waals surface area contributed by atoms with Crippen LogP contribution in [0.2, 0.25) is 0 Å². The van der Waals surface area contributed by atoms with Crippen molar-refractivity contribution < 1.29 is 19.4 Å². The molecule has 2 N–H and O–H groups in total. The molecule has 0 radical (unpaired) electrons. The van der Waals surface area contributed by atoms with Gasteiger partial charge in [-0.2, -0.15) is 0 Å². The number of carbonyl (C=O) groups is 2. The molecule has 2 amide bonds. The van der Waals surface area contributed by atoms with Crippen molar-refractivity contribution in [2.24, 2.45) is 11.8 Å². The van der Waals surface area contributed by atoms with Gasteiger partial charge in [0.2, 0.25) is 0 Å². The zero-order chi connectivity index (χ0) is 13.7. The van der Waals surface area contributed by atoms with E-state index in [9.17, 15) is 9.59 Å². The Kier molecular flexibility index (Phi) is 5.40. The molecule has 0 saturated carbocycles. The van der Waals surface area contributed by atoms with Crippen molar-refractivity contribution in [2.75, 3.05) is 26.3 Å². The Morgan fingerprint density at radius 2 is 2.17 bits per heavy atom. The van der Waals surface area contributed by atoms with E-state index in [1.165, 1.54) is 0 Å². The Morgan fingerprint density at radius 1 is 1.50 bits per heavy atom. The van der Waals surface area contributed by atoms with Gasteiger partial charge in [-0.05, 0) is 12.8 Å². The maximum Gasteiger partial charge on any atom is 0.317 e. The first-order valence-corrected chi connectivity index (χ1v) is 6.28. The summed E-state index contributed by atoms with van der Waals surface area (Å²) < 4.78 is 5.25. The van der Waals surface area contributed by atoms with E-state index < -0.39 is 11.9 Å². The minimum absolute atomic E-state index is 0.00934. The number of hydrogen-bond donors (Lipinski definition) is 2. The zero-order valence-corrected chi connectivity index (χ0v) is 11.2. The number of nitrogens with zero attached hydrogens (tertiary/aromatic N) is 1. The quantitative estimate of drug-likeness (QED) is 0.780. The van der Waals surface area contributed by atoms with Crippen LogP contribution in [0.25, 0.3) is 0 Å². The molecule has 104 valence electrons. The molecule has 2 unspecified atom stereocenters. The number of carboxylic acids is 1. The van der Waals surface area contributed by atoms with Gasteiger partial charge in [-0.1, -0.05) is 13.8 Å². The number of amides is 2. The molecule has 1 rings (SSSR count). The van der Waals surface area contributed by atoms with Crippen molar-refractivity contribution >= 4 is 12.0 Å². The number of morpholine rings is 1. The van der Waals surface area contributed by atoms with Crippen molar-refractivity contribution in [1.82, 2.24) is 10.2 Å². The average Bonchev–Trinajstić information content (AvgIpc) is 2.28. The van der Waals surface area contributed by atoms with E-state index in [2.05, 4.69) is 5.32 Å². The predicted molar refractivity (Wildman–Crippen MR) is 66.3 cm³/mol. The van der Waals surface area contributed by atoms with Gasteiger partial charge in [0.05, 0.1) is 25.2 Å². The molecule has 0 aliphatic carbocycles. The van der Waals surface area contributed by atoms with Crippen LogP contribution in [0.4, 0.5) is 4.79 Å². The number of carbonyl (C=O) groups excluding carboxylic acids is 1. The van der Waals surface area contributed by atoms with Crippen LogP contribution in [0, 0.1) is 11.8 Å². The highest BCUT2D eigenvalue weighted by Crippen LogP contribution is 2.11. The van der Waals surface area contributed by atoms with Crippen LogP contribution in [-0.4, -0.2) is 54.4 Å². The second-order valence-corrected chi connectivity index (χ2v) is 4.99. The summed E-state index contributed by atoms with van der Waals surface area (Å²) in [6.07, 6.45) is 0. The van der Waals surface area contributed by atoms with E-state index in [4.69, 9.17) is 9.84 Å². The summed E-state index contributed by atoms with van der Waals surface area (Å²) in [7, 11) is 0. The molecule has 0 bridgehead atoms. The third kappa shape index (κ3) is 3.87. The molecule has 18 heavy (non-hydrogen) atoms. The number of hydrogen-bond acceptors (Lipinski definition) is 3. The van der Waals surface area contributed by atoms with Crippen LogP contribution >= 0.6 is 0 Å². The lowest BCUT2D eigenvalue weighted by atomic mass is 9.96. The normalized spacial score (nSPS) is 21.8. The van der Waals surface area contributed by atoms with Crippen LogP contribution in [0.15, 0.2) is 0 Å². The van der Waals surface area contributed by atoms with Gasteiger partial charge in [-0.25, -0.2) is 4.79 Å². The van der Waals surface area contributed by atoms with Crippen LogP contribution < -0.4 is 5.32 Å². The summed E-state index contributed by atoms with van der Waals surface area (Å²) in [6.45, 7) is 7.35. The molecule has 1 fully saturated rings. The molecule has 0 aromatic heterocycles. The van der Waals surface area contributed by atoms with Crippen molar-refractivity contribution in [1.29, 1.82) is 0 Å². The summed E-state index contributed by atoms with van der Waals surface area (Å²) in [6, 6.07) is -0.182. The molecule has 0 spiro atoms. The summed E-state index contributed by atoms with van der Waals surface area (Å²) in [5, 5.41) is 11.7. The minimum atomic E-state index is -0.875. The van der Waals surface area contributed by atoms with E-state index in [1.807, 2.05) is 20.8 Å². The standard InChI is InChI=1S/C12H22N2O4/c1-8(2)10(11(15)16)6-13-12(17)14-4-5-18-7-9(14)3/h8-10H,4-7H2,1-3H3,(H,13,17)(H,15,16). The topological polar surface area (TPSA) is 78.9 Å². The lowest BCUT2D eigenvalue weighted by molar-refractivity contribution is -0.142. The molecule has 6 heteroatoms. The maximum absolute atomic E-state index is 11.9. The Morgan fingerprint density at radius 3 is 2.67 bits per heavy atom. The van der Waals surface area contributed by atoms with Gasteiger partial charge < -0.3 is 20.1 Å². The highest BCUT2D eigenvalue weighted by Gasteiger charge is 2.26. The number of aliphatic carboxylic acids is 1. The molecule has 6 nitrogen and oxygen atoms in total. The largest absolute Gasteiger partial charge is 0.481 e. The van der Waals surface area contributed by atoms with Crippen molar-refractivity contribution in [3.8, 4) is 0 Å². The first kappa shape index (κ1) is 14.8. The number of rotatable bonds is 4. The Balaban J connectivity index is 2.46. The SMILES string of the molecule is CC(C)C(CNC(=O)N1CCOCC1C)C(=O)O. The van der Waals surface area contributed by atoms with E-state index >= 15 is 0 Å². The van der Waals surface area contributed by atoms with Gasteiger partial charge in [0.1, 0.15) is 0 Å². The monoisotopic (exact) mass is 258 g/mol. The lowest BCUT2D eigenvalue weighted by Crippen LogP contribution is -2.52. The van der Waals surface area contributed by atoms with Crippen LogP contribution in [0.3, 0.4) is 0 Å². The van der Waals surface area contributed by atoms with Crippen molar-refractivity contribution in [2.45, 2.75) is 26.8 Å². The number of carboxylic acid groups (broad SMARTS) is 1. The Bertz CT molecular complexity index is 306. The Hall–Kier alpha value is -1.30. The molecule has 1 aliphatic rings. The lowest BCUT2D eigenvalue weighted by Gasteiger charge is -2.33. The molecule has 1 saturated heterocycles. The van der Waals surface area contributed by atoms with Crippen molar-refractivity contribution in [3.63, 3.8) is 0 Å². The molecule has 0 aromatic carbocycles. The van der Waals surface area contributed by atoms with Crippen LogP contribution in [-0.2, 0) is 9.53 Å². The fraction of sp³-hybridized carbons (Fsp3) is 0.833. The van der Waals surface area contributed by atoms with Gasteiger partial charge >= 0.3 is 12.0 Å². The van der Waals surface area contributed by atoms with E-state index in [-0.39, 0.29) is 24.5 Å². The van der Waals surface area contributed by atoms with Gasteiger partial charge in [0.25, 0.3) is 0 Å². The summed E-state index contributed by atoms with van der Waals surface area (Å²) >= 11 is 0. The number of ether oxygens (including phenoxy) is 1. The van der Waals surface area contributed by atoms with Crippen LogP contribution in [0.1, 0.15) is 20.8 Å². The first-order chi connectivity index (χ1) is 8.43. The third-order valence-electron chi connectivity index (χ3n) is 3.22. The molecule has 1 heterocycles. The second-order valence-electron chi connectivity index (χ2n) is 4.99. The molecular formula is C12H22N2O4. The van der Waals surface area contributed by atoms with Crippen molar-refractivity contribution in [3.05, 3.63) is 0 Å². The van der Waals surface area contributed by atoms with E-state index in [1.54, 1.807) is 4.90 Å². The van der Waals surface area contributed by atoms with Gasteiger partial charge in [0, 0.05) is 13.1 Å². The van der Waals surface area contributed by atoms with Gasteiger partial charge in [0.15, 0.2) is 0 Å². The molecule has 1 aliphatic heterocycles. The van der Waals surface area contributed by atoms with Gasteiger partial charge in [-0.15, -0.1) is 0 Å². The van der Waals surface area contributed by atoms with E-state index in [0.29, 0.717) is 19.8 Å². The highest BCUT2D eigenvalue weighted by molar-refractivity contribution is 5.76. The summed E-state index contributed by atoms with van der Waals surface area (Å²) in [5.74, 6) is -1.43. The molecule has 0 aromatic rings.